The fraction of sp³-hybridized carbons (Fsp3) is 0.400. The maximum absolute atomic E-state index is 13.3. The number of hydrogen-bond acceptors (Lipinski definition) is 6. The van der Waals surface area contributed by atoms with Crippen LogP contribution in [0.2, 0.25) is 0 Å². The maximum atomic E-state index is 13.3. The molecule has 33 heavy (non-hydrogen) atoms. The lowest BCUT2D eigenvalue weighted by Crippen LogP contribution is -2.28. The lowest BCUT2D eigenvalue weighted by molar-refractivity contribution is -0.130. The smallest absolute Gasteiger partial charge is 0.253 e. The quantitative estimate of drug-likeness (QED) is 0.425. The van der Waals surface area contributed by atoms with Crippen LogP contribution in [0.3, 0.4) is 0 Å². The average Bonchev–Trinajstić information content (AvgIpc) is 3.54. The van der Waals surface area contributed by atoms with Crippen LogP contribution < -0.4 is 4.74 Å². The molecule has 0 N–H and O–H groups in total. The summed E-state index contributed by atoms with van der Waals surface area (Å²) in [7, 11) is 1.64. The predicted molar refractivity (Wildman–Crippen MR) is 130 cm³/mol. The topological polar surface area (TPSA) is 72.9 Å². The van der Waals surface area contributed by atoms with Gasteiger partial charge >= 0.3 is 0 Å². The predicted octanol–water partition coefficient (Wildman–Crippen LogP) is 5.23. The molecule has 0 spiro atoms. The highest BCUT2D eigenvalue weighted by Crippen LogP contribution is 2.34. The SMILES string of the molecule is COc1ccc(C2=NN(C(=O)CSc3nc(C)c(C)n3CC(C)C)C(c3ccco3)C2)cc1. The number of hydrogen-bond donors (Lipinski definition) is 0. The Kier molecular flexibility index (Phi) is 6.93. The molecule has 0 aliphatic carbocycles. The number of aromatic nitrogens is 2. The van der Waals surface area contributed by atoms with Gasteiger partial charge in [0.2, 0.25) is 0 Å². The summed E-state index contributed by atoms with van der Waals surface area (Å²) in [6.07, 6.45) is 2.23. The van der Waals surface area contributed by atoms with E-state index in [-0.39, 0.29) is 17.7 Å². The van der Waals surface area contributed by atoms with Crippen molar-refractivity contribution in [2.24, 2.45) is 11.0 Å². The number of methoxy groups -OCH3 is 1. The number of carbonyl (C=O) groups excluding carboxylic acids is 1. The normalized spacial score (nSPS) is 15.9. The van der Waals surface area contributed by atoms with Gasteiger partial charge in [0.1, 0.15) is 17.6 Å². The summed E-state index contributed by atoms with van der Waals surface area (Å²) in [5, 5.41) is 7.16. The van der Waals surface area contributed by atoms with Gasteiger partial charge in [-0.1, -0.05) is 25.6 Å². The molecule has 0 saturated carbocycles. The van der Waals surface area contributed by atoms with Gasteiger partial charge in [-0.15, -0.1) is 0 Å². The van der Waals surface area contributed by atoms with Crippen LogP contribution >= 0.6 is 11.8 Å². The van der Waals surface area contributed by atoms with Crippen LogP contribution in [0.4, 0.5) is 0 Å². The van der Waals surface area contributed by atoms with Crippen molar-refractivity contribution in [3.8, 4) is 5.75 Å². The third-order valence-corrected chi connectivity index (χ3v) is 6.72. The zero-order valence-electron chi connectivity index (χ0n) is 19.7. The lowest BCUT2D eigenvalue weighted by atomic mass is 10.0. The van der Waals surface area contributed by atoms with Crippen molar-refractivity contribution in [3.05, 3.63) is 65.4 Å². The van der Waals surface area contributed by atoms with Crippen LogP contribution in [0.1, 0.15) is 49.0 Å². The summed E-state index contributed by atoms with van der Waals surface area (Å²) >= 11 is 1.46. The Balaban J connectivity index is 1.55. The molecule has 8 heteroatoms. The molecular weight excluding hydrogens is 436 g/mol. The number of ether oxygens (including phenoxy) is 1. The van der Waals surface area contributed by atoms with Crippen LogP contribution in [0.25, 0.3) is 0 Å². The van der Waals surface area contributed by atoms with Crippen LogP contribution in [-0.4, -0.2) is 39.0 Å². The molecule has 1 amide bonds. The van der Waals surface area contributed by atoms with Gasteiger partial charge in [0.15, 0.2) is 5.16 Å². The second-order valence-electron chi connectivity index (χ2n) is 8.61. The van der Waals surface area contributed by atoms with Crippen molar-refractivity contribution >= 4 is 23.4 Å². The second-order valence-corrected chi connectivity index (χ2v) is 9.55. The zero-order chi connectivity index (χ0) is 23.5. The van der Waals surface area contributed by atoms with Crippen molar-refractivity contribution in [1.29, 1.82) is 0 Å². The van der Waals surface area contributed by atoms with E-state index in [9.17, 15) is 4.79 Å². The first-order chi connectivity index (χ1) is 15.9. The van der Waals surface area contributed by atoms with Gasteiger partial charge in [-0.25, -0.2) is 9.99 Å². The van der Waals surface area contributed by atoms with Crippen molar-refractivity contribution < 1.29 is 13.9 Å². The highest BCUT2D eigenvalue weighted by molar-refractivity contribution is 7.99. The number of thioether (sulfide) groups is 1. The monoisotopic (exact) mass is 466 g/mol. The van der Waals surface area contributed by atoms with Crippen molar-refractivity contribution in [2.45, 2.75) is 51.9 Å². The Labute approximate surface area is 198 Å². The number of rotatable bonds is 8. The fourth-order valence-corrected chi connectivity index (χ4v) is 4.86. The summed E-state index contributed by atoms with van der Waals surface area (Å²) < 4.78 is 13.1. The zero-order valence-corrected chi connectivity index (χ0v) is 20.6. The van der Waals surface area contributed by atoms with E-state index in [1.165, 1.54) is 11.8 Å². The van der Waals surface area contributed by atoms with Gasteiger partial charge in [-0.05, 0) is 61.7 Å². The van der Waals surface area contributed by atoms with E-state index in [0.717, 1.165) is 45.9 Å². The number of imidazole rings is 1. The fourth-order valence-electron chi connectivity index (χ4n) is 3.91. The summed E-state index contributed by atoms with van der Waals surface area (Å²) in [6.45, 7) is 9.33. The Morgan fingerprint density at radius 3 is 2.64 bits per heavy atom. The molecule has 0 radical (unpaired) electrons. The third-order valence-electron chi connectivity index (χ3n) is 5.76. The van der Waals surface area contributed by atoms with Crippen LogP contribution in [0.5, 0.6) is 5.75 Å². The third kappa shape index (κ3) is 5.00. The highest BCUT2D eigenvalue weighted by atomic mass is 32.2. The second kappa shape index (κ2) is 9.87. The number of carbonyl (C=O) groups is 1. The Morgan fingerprint density at radius 2 is 2.00 bits per heavy atom. The highest BCUT2D eigenvalue weighted by Gasteiger charge is 2.35. The molecule has 1 atom stereocenters. The molecule has 4 rings (SSSR count). The molecule has 1 unspecified atom stereocenters. The van der Waals surface area contributed by atoms with Crippen molar-refractivity contribution in [1.82, 2.24) is 14.6 Å². The number of aryl methyl sites for hydroxylation is 1. The Morgan fingerprint density at radius 1 is 1.24 bits per heavy atom. The summed E-state index contributed by atoms with van der Waals surface area (Å²) in [4.78, 5) is 18.0. The minimum Gasteiger partial charge on any atom is -0.497 e. The molecule has 2 aromatic heterocycles. The Hall–Kier alpha value is -3.00. The maximum Gasteiger partial charge on any atom is 0.253 e. The van der Waals surface area contributed by atoms with Crippen LogP contribution in [-0.2, 0) is 11.3 Å². The van der Waals surface area contributed by atoms with E-state index < -0.39 is 0 Å². The first-order valence-electron chi connectivity index (χ1n) is 11.1. The number of benzene rings is 1. The number of hydrazone groups is 1. The molecule has 0 saturated heterocycles. The van der Waals surface area contributed by atoms with Gasteiger partial charge in [0.05, 0.1) is 30.5 Å². The summed E-state index contributed by atoms with van der Waals surface area (Å²) in [5.74, 6) is 2.19. The van der Waals surface area contributed by atoms with E-state index in [2.05, 4.69) is 25.3 Å². The molecule has 1 aromatic carbocycles. The first-order valence-corrected chi connectivity index (χ1v) is 12.1. The summed E-state index contributed by atoms with van der Waals surface area (Å²) in [6, 6.07) is 11.2. The van der Waals surface area contributed by atoms with E-state index in [0.29, 0.717) is 12.3 Å². The van der Waals surface area contributed by atoms with Gasteiger partial charge in [0.25, 0.3) is 5.91 Å². The van der Waals surface area contributed by atoms with E-state index in [1.807, 2.05) is 43.3 Å². The standard InChI is InChI=1S/C25H30N4O3S/c1-16(2)14-28-18(4)17(3)26-25(28)33-15-24(30)29-22(23-7-6-12-32-23)13-21(27-29)19-8-10-20(31-5)11-9-19/h6-12,16,22H,13-15H2,1-5H3. The minimum absolute atomic E-state index is 0.0701. The molecule has 0 fully saturated rings. The van der Waals surface area contributed by atoms with Gasteiger partial charge in [-0.2, -0.15) is 5.10 Å². The molecule has 1 aliphatic rings. The molecule has 174 valence electrons. The van der Waals surface area contributed by atoms with Crippen LogP contribution in [0.15, 0.2) is 57.3 Å². The largest absolute Gasteiger partial charge is 0.497 e. The first kappa shape index (κ1) is 23.2. The number of furan rings is 1. The molecule has 3 heterocycles. The van der Waals surface area contributed by atoms with Gasteiger partial charge < -0.3 is 13.7 Å². The number of amides is 1. The molecule has 1 aliphatic heterocycles. The van der Waals surface area contributed by atoms with E-state index >= 15 is 0 Å². The van der Waals surface area contributed by atoms with Crippen molar-refractivity contribution in [2.75, 3.05) is 12.9 Å². The van der Waals surface area contributed by atoms with Crippen molar-refractivity contribution in [3.63, 3.8) is 0 Å². The lowest BCUT2D eigenvalue weighted by Gasteiger charge is -2.20. The van der Waals surface area contributed by atoms with E-state index in [4.69, 9.17) is 19.2 Å². The van der Waals surface area contributed by atoms with E-state index in [1.54, 1.807) is 18.4 Å². The minimum atomic E-state index is -0.260. The molecule has 3 aromatic rings. The van der Waals surface area contributed by atoms with Gasteiger partial charge in [0, 0.05) is 18.7 Å². The van der Waals surface area contributed by atoms with Crippen LogP contribution in [0, 0.1) is 19.8 Å². The number of nitrogens with zero attached hydrogens (tertiary/aromatic N) is 4. The Bertz CT molecular complexity index is 1130. The van der Waals surface area contributed by atoms with Gasteiger partial charge in [-0.3, -0.25) is 4.79 Å². The molecule has 0 bridgehead atoms. The molecular formula is C25H30N4O3S. The molecule has 7 nitrogen and oxygen atoms in total. The average molecular weight is 467 g/mol. The summed E-state index contributed by atoms with van der Waals surface area (Å²) in [5.41, 5.74) is 3.97.